The molecule has 1 rings (SSSR count). The Morgan fingerprint density at radius 3 is 2.80 bits per heavy atom. The fourth-order valence-corrected chi connectivity index (χ4v) is 2.34. The van der Waals surface area contributed by atoms with Gasteiger partial charge in [-0.1, -0.05) is 19.8 Å². The minimum absolute atomic E-state index is 0.729. The van der Waals surface area contributed by atoms with Crippen LogP contribution in [0.2, 0.25) is 0 Å². The summed E-state index contributed by atoms with van der Waals surface area (Å²) >= 11 is 0. The molecule has 0 aromatic heterocycles. The van der Waals surface area contributed by atoms with Crippen LogP contribution in [0.5, 0.6) is 0 Å². The van der Waals surface area contributed by atoms with Crippen molar-refractivity contribution in [2.45, 2.75) is 64.5 Å². The molecule has 15 heavy (non-hydrogen) atoms. The molecule has 2 unspecified atom stereocenters. The minimum atomic E-state index is 0.729. The van der Waals surface area contributed by atoms with Gasteiger partial charge in [-0.15, -0.1) is 0 Å². The predicted molar refractivity (Wildman–Crippen MR) is 67.3 cm³/mol. The molecule has 0 saturated carbocycles. The molecular weight excluding hydrogens is 184 g/mol. The van der Waals surface area contributed by atoms with Crippen molar-refractivity contribution in [2.24, 2.45) is 0 Å². The van der Waals surface area contributed by atoms with E-state index in [-0.39, 0.29) is 0 Å². The van der Waals surface area contributed by atoms with E-state index in [0.29, 0.717) is 0 Å². The lowest BCUT2D eigenvalue weighted by Gasteiger charge is -2.31. The fraction of sp³-hybridized carbons (Fsp3) is 1.00. The van der Waals surface area contributed by atoms with Gasteiger partial charge in [0, 0.05) is 12.1 Å². The molecule has 1 heterocycles. The molecule has 1 aliphatic heterocycles. The van der Waals surface area contributed by atoms with Gasteiger partial charge in [0.2, 0.25) is 0 Å². The first-order valence-electron chi connectivity index (χ1n) is 6.67. The van der Waals surface area contributed by atoms with Gasteiger partial charge in [-0.2, -0.15) is 0 Å². The third-order valence-electron chi connectivity index (χ3n) is 3.65. The second kappa shape index (κ2) is 7.24. The van der Waals surface area contributed by atoms with Crippen LogP contribution in [-0.4, -0.2) is 37.1 Å². The number of nitrogens with one attached hydrogen (secondary N) is 1. The highest BCUT2D eigenvalue weighted by Crippen LogP contribution is 2.14. The van der Waals surface area contributed by atoms with E-state index in [1.807, 2.05) is 0 Å². The van der Waals surface area contributed by atoms with Crippen LogP contribution in [0.3, 0.4) is 0 Å². The number of unbranched alkanes of at least 4 members (excludes halogenated alkanes) is 1. The van der Waals surface area contributed by atoms with Crippen LogP contribution >= 0.6 is 0 Å². The van der Waals surface area contributed by atoms with Crippen molar-refractivity contribution in [1.82, 2.24) is 10.2 Å². The summed E-state index contributed by atoms with van der Waals surface area (Å²) in [5.74, 6) is 0. The molecule has 0 aromatic rings. The molecule has 2 heteroatoms. The van der Waals surface area contributed by atoms with E-state index in [9.17, 15) is 0 Å². The minimum Gasteiger partial charge on any atom is -0.314 e. The van der Waals surface area contributed by atoms with Crippen LogP contribution in [0.25, 0.3) is 0 Å². The Bertz CT molecular complexity index is 153. The zero-order chi connectivity index (χ0) is 11.1. The monoisotopic (exact) mass is 212 g/mol. The zero-order valence-electron chi connectivity index (χ0n) is 10.8. The van der Waals surface area contributed by atoms with Gasteiger partial charge in [-0.25, -0.2) is 0 Å². The number of piperidine rings is 1. The first kappa shape index (κ1) is 13.0. The van der Waals surface area contributed by atoms with E-state index in [1.165, 1.54) is 51.6 Å². The number of hydrogen-bond donors (Lipinski definition) is 1. The molecule has 0 spiro atoms. The first-order valence-corrected chi connectivity index (χ1v) is 6.67. The molecule has 0 aliphatic carbocycles. The van der Waals surface area contributed by atoms with Gasteiger partial charge >= 0.3 is 0 Å². The Labute approximate surface area is 95.4 Å². The maximum absolute atomic E-state index is 3.63. The maximum atomic E-state index is 3.63. The van der Waals surface area contributed by atoms with E-state index in [2.05, 4.69) is 31.1 Å². The van der Waals surface area contributed by atoms with Crippen molar-refractivity contribution >= 4 is 0 Å². The molecule has 2 nitrogen and oxygen atoms in total. The second-order valence-electron chi connectivity index (χ2n) is 5.07. The summed E-state index contributed by atoms with van der Waals surface area (Å²) < 4.78 is 0. The Kier molecular flexibility index (Phi) is 6.26. The molecule has 0 radical (unpaired) electrons. The molecule has 90 valence electrons. The summed E-state index contributed by atoms with van der Waals surface area (Å²) in [6.45, 7) is 7.12. The quantitative estimate of drug-likeness (QED) is 0.728. The molecule has 2 atom stereocenters. The summed E-state index contributed by atoms with van der Waals surface area (Å²) in [5.41, 5.74) is 0. The Morgan fingerprint density at radius 1 is 1.40 bits per heavy atom. The van der Waals surface area contributed by atoms with Gasteiger partial charge in [-0.3, -0.25) is 0 Å². The van der Waals surface area contributed by atoms with Crippen molar-refractivity contribution in [3.05, 3.63) is 0 Å². The summed E-state index contributed by atoms with van der Waals surface area (Å²) in [7, 11) is 2.27. The van der Waals surface area contributed by atoms with Gasteiger partial charge in [0.15, 0.2) is 0 Å². The topological polar surface area (TPSA) is 15.3 Å². The maximum Gasteiger partial charge on any atom is 0.00818 e. The average molecular weight is 212 g/mol. The highest BCUT2D eigenvalue weighted by atomic mass is 15.1. The molecule has 0 amide bonds. The van der Waals surface area contributed by atoms with Gasteiger partial charge in [0.1, 0.15) is 0 Å². The average Bonchev–Trinajstić information content (AvgIpc) is 2.27. The highest BCUT2D eigenvalue weighted by molar-refractivity contribution is 4.77. The van der Waals surface area contributed by atoms with Crippen molar-refractivity contribution in [3.8, 4) is 0 Å². The lowest BCUT2D eigenvalue weighted by Crippen LogP contribution is -2.40. The third-order valence-corrected chi connectivity index (χ3v) is 3.65. The normalized spacial score (nSPS) is 24.4. The van der Waals surface area contributed by atoms with Crippen molar-refractivity contribution < 1.29 is 0 Å². The van der Waals surface area contributed by atoms with Crippen LogP contribution in [0.4, 0.5) is 0 Å². The highest BCUT2D eigenvalue weighted by Gasteiger charge is 2.17. The Morgan fingerprint density at radius 2 is 2.20 bits per heavy atom. The lowest BCUT2D eigenvalue weighted by atomic mass is 9.98. The van der Waals surface area contributed by atoms with Crippen LogP contribution in [0.1, 0.15) is 52.4 Å². The summed E-state index contributed by atoms with van der Waals surface area (Å²) in [5, 5.41) is 3.63. The molecule has 0 bridgehead atoms. The first-order chi connectivity index (χ1) is 7.24. The molecule has 1 aliphatic rings. The van der Waals surface area contributed by atoms with Crippen molar-refractivity contribution in [3.63, 3.8) is 0 Å². The lowest BCUT2D eigenvalue weighted by molar-refractivity contribution is 0.214. The van der Waals surface area contributed by atoms with E-state index in [0.717, 1.165) is 12.1 Å². The number of hydrogen-bond acceptors (Lipinski definition) is 2. The molecule has 1 fully saturated rings. The predicted octanol–water partition coefficient (Wildman–Crippen LogP) is 2.64. The summed E-state index contributed by atoms with van der Waals surface area (Å²) in [4.78, 5) is 2.51. The Hall–Kier alpha value is -0.0800. The van der Waals surface area contributed by atoms with Crippen LogP contribution in [0, 0.1) is 0 Å². The largest absolute Gasteiger partial charge is 0.314 e. The molecular formula is C13H28N2. The van der Waals surface area contributed by atoms with Crippen LogP contribution < -0.4 is 5.32 Å². The SMILES string of the molecule is CCCCN(C)C(C)CC1CCCCN1. The van der Waals surface area contributed by atoms with Gasteiger partial charge in [-0.05, 0) is 52.7 Å². The van der Waals surface area contributed by atoms with Gasteiger partial charge in [0.25, 0.3) is 0 Å². The van der Waals surface area contributed by atoms with Gasteiger partial charge < -0.3 is 10.2 Å². The number of nitrogens with zero attached hydrogens (tertiary/aromatic N) is 1. The van der Waals surface area contributed by atoms with E-state index >= 15 is 0 Å². The van der Waals surface area contributed by atoms with Crippen LogP contribution in [-0.2, 0) is 0 Å². The fourth-order valence-electron chi connectivity index (χ4n) is 2.34. The van der Waals surface area contributed by atoms with Crippen LogP contribution in [0.15, 0.2) is 0 Å². The van der Waals surface area contributed by atoms with Crippen molar-refractivity contribution in [1.29, 1.82) is 0 Å². The molecule has 1 saturated heterocycles. The standard InChI is InChI=1S/C13H28N2/c1-4-5-10-15(3)12(2)11-13-8-6-7-9-14-13/h12-14H,4-11H2,1-3H3. The Balaban J connectivity index is 2.17. The van der Waals surface area contributed by atoms with E-state index in [4.69, 9.17) is 0 Å². The number of rotatable bonds is 6. The van der Waals surface area contributed by atoms with Gasteiger partial charge in [0.05, 0.1) is 0 Å². The van der Waals surface area contributed by atoms with E-state index in [1.54, 1.807) is 0 Å². The zero-order valence-corrected chi connectivity index (χ0v) is 10.8. The molecule has 0 aromatic carbocycles. The van der Waals surface area contributed by atoms with E-state index < -0.39 is 0 Å². The summed E-state index contributed by atoms with van der Waals surface area (Å²) in [6.07, 6.45) is 8.13. The smallest absolute Gasteiger partial charge is 0.00818 e. The summed E-state index contributed by atoms with van der Waals surface area (Å²) in [6, 6.07) is 1.50. The van der Waals surface area contributed by atoms with Crippen molar-refractivity contribution in [2.75, 3.05) is 20.1 Å². The second-order valence-corrected chi connectivity index (χ2v) is 5.07. The molecule has 1 N–H and O–H groups in total. The third kappa shape index (κ3) is 4.98.